The highest BCUT2D eigenvalue weighted by Crippen LogP contribution is 2.29. The highest BCUT2D eigenvalue weighted by molar-refractivity contribution is 5.83. The van der Waals surface area contributed by atoms with Crippen LogP contribution >= 0.6 is 0 Å². The zero-order chi connectivity index (χ0) is 14.6. The molecule has 0 saturated carbocycles. The highest BCUT2D eigenvalue weighted by Gasteiger charge is 2.44. The van der Waals surface area contributed by atoms with Crippen LogP contribution in [-0.4, -0.2) is 55.0 Å². The molecule has 0 amide bonds. The molecule has 5 nitrogen and oxygen atoms in total. The Morgan fingerprint density at radius 1 is 1.58 bits per heavy atom. The predicted molar refractivity (Wildman–Crippen MR) is 64.0 cm³/mol. The molecule has 19 heavy (non-hydrogen) atoms. The van der Waals surface area contributed by atoms with Crippen LogP contribution in [0, 0.1) is 11.8 Å². The Morgan fingerprint density at radius 2 is 2.21 bits per heavy atom. The predicted octanol–water partition coefficient (Wildman–Crippen LogP) is 1.27. The standard InChI is InChI=1S/C11H20F3N3O2/c1-7-3-4-17(6-9(7)19-2)5-8(10(15)16-18)11(12,13)14/h7-9,18H,3-6H2,1-2H3,(H2,15,16). The SMILES string of the molecule is COC1CN(CC(C(N)=NO)C(F)(F)F)CCC1C. The number of ether oxygens (including phenoxy) is 1. The Kier molecular flexibility index (Phi) is 5.42. The molecule has 1 saturated heterocycles. The summed E-state index contributed by atoms with van der Waals surface area (Å²) in [6.45, 7) is 2.66. The van der Waals surface area contributed by atoms with E-state index in [9.17, 15) is 13.2 Å². The van der Waals surface area contributed by atoms with Gasteiger partial charge in [0.2, 0.25) is 0 Å². The minimum Gasteiger partial charge on any atom is -0.409 e. The van der Waals surface area contributed by atoms with Crippen LogP contribution in [-0.2, 0) is 4.74 Å². The van der Waals surface area contributed by atoms with Crippen LogP contribution in [0.4, 0.5) is 13.2 Å². The maximum absolute atomic E-state index is 12.8. The third-order valence-electron chi connectivity index (χ3n) is 3.58. The first-order chi connectivity index (χ1) is 8.79. The van der Waals surface area contributed by atoms with Gasteiger partial charge in [-0.25, -0.2) is 0 Å². The monoisotopic (exact) mass is 283 g/mol. The van der Waals surface area contributed by atoms with Gasteiger partial charge in [0.15, 0.2) is 5.84 Å². The van der Waals surface area contributed by atoms with E-state index >= 15 is 0 Å². The molecule has 0 aliphatic carbocycles. The van der Waals surface area contributed by atoms with Crippen molar-refractivity contribution in [1.29, 1.82) is 0 Å². The molecular formula is C11H20F3N3O2. The first-order valence-corrected chi connectivity index (χ1v) is 6.08. The summed E-state index contributed by atoms with van der Waals surface area (Å²) >= 11 is 0. The van der Waals surface area contributed by atoms with Gasteiger partial charge in [0.05, 0.1) is 6.10 Å². The molecule has 0 bridgehead atoms. The summed E-state index contributed by atoms with van der Waals surface area (Å²) in [6, 6.07) is 0. The third-order valence-corrected chi connectivity index (χ3v) is 3.58. The van der Waals surface area contributed by atoms with Crippen molar-refractivity contribution < 1.29 is 23.1 Å². The maximum Gasteiger partial charge on any atom is 0.400 e. The number of hydrogen-bond acceptors (Lipinski definition) is 4. The van der Waals surface area contributed by atoms with Gasteiger partial charge in [-0.05, 0) is 18.9 Å². The second-order valence-electron chi connectivity index (χ2n) is 4.92. The molecular weight excluding hydrogens is 263 g/mol. The average Bonchev–Trinajstić information content (AvgIpc) is 2.35. The Bertz CT molecular complexity index is 323. The van der Waals surface area contributed by atoms with E-state index < -0.39 is 17.9 Å². The molecule has 0 spiro atoms. The van der Waals surface area contributed by atoms with Crippen molar-refractivity contribution in [3.63, 3.8) is 0 Å². The number of methoxy groups -OCH3 is 1. The van der Waals surface area contributed by atoms with E-state index in [-0.39, 0.29) is 12.6 Å². The fourth-order valence-corrected chi connectivity index (χ4v) is 2.26. The van der Waals surface area contributed by atoms with Gasteiger partial charge in [0.1, 0.15) is 5.92 Å². The smallest absolute Gasteiger partial charge is 0.400 e. The third kappa shape index (κ3) is 4.24. The number of oxime groups is 1. The second kappa shape index (κ2) is 6.42. The summed E-state index contributed by atoms with van der Waals surface area (Å²) in [7, 11) is 1.55. The van der Waals surface area contributed by atoms with Gasteiger partial charge < -0.3 is 15.7 Å². The van der Waals surface area contributed by atoms with Crippen molar-refractivity contribution in [3.8, 4) is 0 Å². The van der Waals surface area contributed by atoms with Crippen molar-refractivity contribution in [2.24, 2.45) is 22.7 Å². The second-order valence-corrected chi connectivity index (χ2v) is 4.92. The quantitative estimate of drug-likeness (QED) is 0.353. The molecule has 8 heteroatoms. The summed E-state index contributed by atoms with van der Waals surface area (Å²) in [6.07, 6.45) is -3.85. The number of rotatable bonds is 4. The van der Waals surface area contributed by atoms with Gasteiger partial charge in [-0.1, -0.05) is 12.1 Å². The zero-order valence-corrected chi connectivity index (χ0v) is 11.0. The number of amidine groups is 1. The Morgan fingerprint density at radius 3 is 2.68 bits per heavy atom. The van der Waals surface area contributed by atoms with Gasteiger partial charge in [-0.2, -0.15) is 13.2 Å². The zero-order valence-electron chi connectivity index (χ0n) is 11.0. The minimum absolute atomic E-state index is 0.0880. The van der Waals surface area contributed by atoms with Crippen LogP contribution < -0.4 is 5.73 Å². The molecule has 3 N–H and O–H groups in total. The lowest BCUT2D eigenvalue weighted by atomic mass is 9.94. The van der Waals surface area contributed by atoms with Gasteiger partial charge in [0, 0.05) is 20.2 Å². The van der Waals surface area contributed by atoms with Crippen LogP contribution in [0.15, 0.2) is 5.16 Å². The molecule has 1 fully saturated rings. The fourth-order valence-electron chi connectivity index (χ4n) is 2.26. The molecule has 0 aromatic carbocycles. The summed E-state index contributed by atoms with van der Waals surface area (Å²) < 4.78 is 43.8. The van der Waals surface area contributed by atoms with E-state index in [0.717, 1.165) is 6.42 Å². The van der Waals surface area contributed by atoms with Gasteiger partial charge >= 0.3 is 6.18 Å². The van der Waals surface area contributed by atoms with E-state index in [0.29, 0.717) is 19.0 Å². The lowest BCUT2D eigenvalue weighted by Gasteiger charge is -2.37. The number of nitrogens with two attached hydrogens (primary N) is 1. The maximum atomic E-state index is 12.8. The molecule has 3 atom stereocenters. The number of nitrogens with zero attached hydrogens (tertiary/aromatic N) is 2. The summed E-state index contributed by atoms with van der Waals surface area (Å²) in [5.74, 6) is -2.45. The Balaban J connectivity index is 2.70. The first-order valence-electron chi connectivity index (χ1n) is 6.08. The molecule has 3 unspecified atom stereocenters. The molecule has 1 aliphatic heterocycles. The van der Waals surface area contributed by atoms with Gasteiger partial charge in [0.25, 0.3) is 0 Å². The van der Waals surface area contributed by atoms with E-state index in [1.165, 1.54) is 0 Å². The number of hydrogen-bond donors (Lipinski definition) is 2. The minimum atomic E-state index is -4.53. The van der Waals surface area contributed by atoms with E-state index in [1.807, 2.05) is 6.92 Å². The summed E-state index contributed by atoms with van der Waals surface area (Å²) in [4.78, 5) is 1.64. The topological polar surface area (TPSA) is 71.1 Å². The van der Waals surface area contributed by atoms with Crippen LogP contribution in [0.1, 0.15) is 13.3 Å². The van der Waals surface area contributed by atoms with Crippen LogP contribution in [0.5, 0.6) is 0 Å². The van der Waals surface area contributed by atoms with Crippen LogP contribution in [0.2, 0.25) is 0 Å². The summed E-state index contributed by atoms with van der Waals surface area (Å²) in [5.41, 5.74) is 5.14. The Labute approximate surface area is 110 Å². The largest absolute Gasteiger partial charge is 0.409 e. The number of piperidine rings is 1. The highest BCUT2D eigenvalue weighted by atomic mass is 19.4. The molecule has 0 aromatic heterocycles. The fraction of sp³-hybridized carbons (Fsp3) is 0.909. The molecule has 0 radical (unpaired) electrons. The lowest BCUT2D eigenvalue weighted by molar-refractivity contribution is -0.162. The molecule has 1 rings (SSSR count). The molecule has 1 heterocycles. The van der Waals surface area contributed by atoms with Gasteiger partial charge in [-0.3, -0.25) is 4.90 Å². The van der Waals surface area contributed by atoms with E-state index in [2.05, 4.69) is 5.16 Å². The molecule has 112 valence electrons. The number of alkyl halides is 3. The molecule has 1 aliphatic rings. The van der Waals surface area contributed by atoms with Crippen LogP contribution in [0.3, 0.4) is 0 Å². The van der Waals surface area contributed by atoms with Crippen molar-refractivity contribution in [2.75, 3.05) is 26.7 Å². The van der Waals surface area contributed by atoms with E-state index in [1.54, 1.807) is 12.0 Å². The van der Waals surface area contributed by atoms with Crippen molar-refractivity contribution in [2.45, 2.75) is 25.6 Å². The van der Waals surface area contributed by atoms with Crippen molar-refractivity contribution in [1.82, 2.24) is 4.90 Å². The molecule has 0 aromatic rings. The Hall–Kier alpha value is -1.02. The first kappa shape index (κ1) is 16.0. The lowest BCUT2D eigenvalue weighted by Crippen LogP contribution is -2.50. The van der Waals surface area contributed by atoms with Crippen LogP contribution in [0.25, 0.3) is 0 Å². The normalized spacial score (nSPS) is 28.4. The van der Waals surface area contributed by atoms with Crippen molar-refractivity contribution in [3.05, 3.63) is 0 Å². The van der Waals surface area contributed by atoms with Crippen molar-refractivity contribution >= 4 is 5.84 Å². The van der Waals surface area contributed by atoms with E-state index in [4.69, 9.17) is 15.7 Å². The number of likely N-dealkylation sites (tertiary alicyclic amines) is 1. The average molecular weight is 283 g/mol. The summed E-state index contributed by atoms with van der Waals surface area (Å²) in [5, 5.41) is 10.9. The number of halogens is 3. The van der Waals surface area contributed by atoms with Gasteiger partial charge in [-0.15, -0.1) is 0 Å².